The lowest BCUT2D eigenvalue weighted by molar-refractivity contribution is 0.205. The normalized spacial score (nSPS) is 19.6. The zero-order valence-electron chi connectivity index (χ0n) is 21.2. The van der Waals surface area contributed by atoms with Crippen LogP contribution in [0.2, 0.25) is 0 Å². The number of fused-ring (bicyclic) bond motifs is 1. The highest BCUT2D eigenvalue weighted by molar-refractivity contribution is 7.88. The number of amidine groups is 1. The highest BCUT2D eigenvalue weighted by atomic mass is 32.2. The van der Waals surface area contributed by atoms with E-state index in [1.54, 1.807) is 0 Å². The molecule has 0 amide bonds. The summed E-state index contributed by atoms with van der Waals surface area (Å²) in [4.78, 5) is 7.30. The van der Waals surface area contributed by atoms with Crippen molar-refractivity contribution in [2.24, 2.45) is 4.99 Å². The maximum atomic E-state index is 12.6. The van der Waals surface area contributed by atoms with Gasteiger partial charge in [0.15, 0.2) is 0 Å². The zero-order valence-corrected chi connectivity index (χ0v) is 22.0. The number of aliphatic imine (C=N–C) groups is 1. The molecule has 2 aliphatic rings. The van der Waals surface area contributed by atoms with E-state index in [1.807, 2.05) is 30.3 Å². The Balaban J connectivity index is 1.28. The van der Waals surface area contributed by atoms with E-state index in [1.165, 1.54) is 22.3 Å². The molecule has 0 radical (unpaired) electrons. The minimum absolute atomic E-state index is 0.104. The Morgan fingerprint density at radius 1 is 0.944 bits per heavy atom. The van der Waals surface area contributed by atoms with E-state index < -0.39 is 10.2 Å². The summed E-state index contributed by atoms with van der Waals surface area (Å²) in [5.74, 6) is 0.424. The van der Waals surface area contributed by atoms with Crippen LogP contribution in [0.15, 0.2) is 71.4 Å². The van der Waals surface area contributed by atoms with E-state index >= 15 is 0 Å². The molecule has 5 rings (SSSR count). The SMILES string of the molecule is Cc1cc(C)c(CN2CCC(N=C3C=C(Cc4cccc5ccccc45)NS(=O)(=O)N3)CC2)c(C)c1. The zero-order chi connectivity index (χ0) is 25.3. The molecule has 2 N–H and O–H groups in total. The molecule has 2 heterocycles. The number of nitrogens with zero attached hydrogens (tertiary/aromatic N) is 2. The van der Waals surface area contributed by atoms with Crippen LogP contribution in [0, 0.1) is 20.8 Å². The van der Waals surface area contributed by atoms with Crippen LogP contribution in [0.25, 0.3) is 10.8 Å². The number of hydrogen-bond donors (Lipinski definition) is 2. The fourth-order valence-corrected chi connectivity index (χ4v) is 6.36. The number of nitrogens with one attached hydrogen (secondary N) is 2. The third kappa shape index (κ3) is 5.63. The van der Waals surface area contributed by atoms with Gasteiger partial charge in [-0.3, -0.25) is 19.3 Å². The quantitative estimate of drug-likeness (QED) is 0.532. The molecule has 188 valence electrons. The molecule has 3 aromatic rings. The van der Waals surface area contributed by atoms with Crippen molar-refractivity contribution in [2.75, 3.05) is 13.1 Å². The van der Waals surface area contributed by atoms with Crippen molar-refractivity contribution in [2.45, 2.75) is 52.6 Å². The van der Waals surface area contributed by atoms with Gasteiger partial charge in [0.05, 0.1) is 6.04 Å². The molecule has 0 aromatic heterocycles. The van der Waals surface area contributed by atoms with Crippen molar-refractivity contribution in [3.05, 3.63) is 94.2 Å². The lowest BCUT2D eigenvalue weighted by atomic mass is 9.98. The fraction of sp³-hybridized carbons (Fsp3) is 0.345. The molecule has 7 heteroatoms. The minimum atomic E-state index is -3.68. The summed E-state index contributed by atoms with van der Waals surface area (Å²) in [6.45, 7) is 9.38. The Bertz CT molecular complexity index is 1420. The van der Waals surface area contributed by atoms with Crippen LogP contribution in [0.5, 0.6) is 0 Å². The monoisotopic (exact) mass is 502 g/mol. The van der Waals surface area contributed by atoms with Gasteiger partial charge < -0.3 is 0 Å². The Morgan fingerprint density at radius 2 is 1.64 bits per heavy atom. The van der Waals surface area contributed by atoms with Crippen molar-refractivity contribution in [1.29, 1.82) is 0 Å². The lowest BCUT2D eigenvalue weighted by Gasteiger charge is -2.31. The standard InChI is InChI=1S/C29H34N4O2S/c1-20-15-21(2)28(22(3)16-20)19-33-13-11-25(12-14-33)30-29-18-26(31-36(34,35)32-29)17-24-9-6-8-23-7-4-5-10-27(23)24/h4-10,15-16,18,25,31H,11-14,17,19H2,1-3H3,(H,30,32). The first-order valence-electron chi connectivity index (χ1n) is 12.6. The van der Waals surface area contributed by atoms with Gasteiger partial charge in [0.2, 0.25) is 0 Å². The van der Waals surface area contributed by atoms with E-state index in [9.17, 15) is 8.42 Å². The molecule has 2 aliphatic heterocycles. The maximum Gasteiger partial charge on any atom is 0.322 e. The van der Waals surface area contributed by atoms with Crippen LogP contribution in [0.4, 0.5) is 0 Å². The summed E-state index contributed by atoms with van der Waals surface area (Å²) >= 11 is 0. The van der Waals surface area contributed by atoms with Crippen molar-refractivity contribution in [3.8, 4) is 0 Å². The summed E-state index contributed by atoms with van der Waals surface area (Å²) in [5.41, 5.74) is 7.13. The van der Waals surface area contributed by atoms with E-state index in [2.05, 4.69) is 65.4 Å². The average molecular weight is 503 g/mol. The molecular weight excluding hydrogens is 468 g/mol. The fourth-order valence-electron chi connectivity index (χ4n) is 5.45. The highest BCUT2D eigenvalue weighted by Crippen LogP contribution is 2.23. The van der Waals surface area contributed by atoms with E-state index in [0.29, 0.717) is 18.0 Å². The molecule has 3 aromatic carbocycles. The number of allylic oxidation sites excluding steroid dienone is 1. The Morgan fingerprint density at radius 3 is 2.39 bits per heavy atom. The summed E-state index contributed by atoms with van der Waals surface area (Å²) in [7, 11) is -3.68. The first-order chi connectivity index (χ1) is 17.3. The summed E-state index contributed by atoms with van der Waals surface area (Å²) in [6.07, 6.45) is 4.16. The second kappa shape index (κ2) is 10.1. The van der Waals surface area contributed by atoms with Gasteiger partial charge in [0.25, 0.3) is 0 Å². The van der Waals surface area contributed by atoms with Gasteiger partial charge in [-0.2, -0.15) is 8.42 Å². The maximum absolute atomic E-state index is 12.6. The smallest absolute Gasteiger partial charge is 0.299 e. The topological polar surface area (TPSA) is 73.8 Å². The summed E-state index contributed by atoms with van der Waals surface area (Å²) < 4.78 is 30.4. The largest absolute Gasteiger partial charge is 0.322 e. The average Bonchev–Trinajstić information content (AvgIpc) is 2.82. The molecule has 1 saturated heterocycles. The third-order valence-corrected chi connectivity index (χ3v) is 8.19. The minimum Gasteiger partial charge on any atom is -0.299 e. The first kappa shape index (κ1) is 24.5. The van der Waals surface area contributed by atoms with Gasteiger partial charge >= 0.3 is 10.2 Å². The number of rotatable bonds is 5. The van der Waals surface area contributed by atoms with Crippen molar-refractivity contribution < 1.29 is 8.42 Å². The van der Waals surface area contributed by atoms with Gasteiger partial charge in [-0.25, -0.2) is 0 Å². The third-order valence-electron chi connectivity index (χ3n) is 7.18. The molecule has 0 saturated carbocycles. The van der Waals surface area contributed by atoms with Crippen molar-refractivity contribution in [1.82, 2.24) is 14.3 Å². The molecule has 0 unspecified atom stereocenters. The lowest BCUT2D eigenvalue weighted by Crippen LogP contribution is -2.45. The molecule has 0 aliphatic carbocycles. The van der Waals surface area contributed by atoms with Crippen LogP contribution in [-0.4, -0.2) is 38.3 Å². The molecule has 1 fully saturated rings. The van der Waals surface area contributed by atoms with E-state index in [4.69, 9.17) is 4.99 Å². The molecule has 0 atom stereocenters. The van der Waals surface area contributed by atoms with Crippen LogP contribution >= 0.6 is 0 Å². The number of aryl methyl sites for hydroxylation is 3. The molecule has 0 bridgehead atoms. The van der Waals surface area contributed by atoms with Gasteiger partial charge in [0.1, 0.15) is 5.84 Å². The number of likely N-dealkylation sites (tertiary alicyclic amines) is 1. The van der Waals surface area contributed by atoms with Crippen LogP contribution in [-0.2, 0) is 23.2 Å². The van der Waals surface area contributed by atoms with Crippen LogP contribution < -0.4 is 9.44 Å². The first-order valence-corrected chi connectivity index (χ1v) is 14.1. The summed E-state index contributed by atoms with van der Waals surface area (Å²) in [5, 5.41) is 2.27. The molecule has 6 nitrogen and oxygen atoms in total. The Kier molecular flexibility index (Phi) is 6.86. The Hall–Kier alpha value is -3.16. The van der Waals surface area contributed by atoms with Crippen LogP contribution in [0.1, 0.15) is 40.7 Å². The van der Waals surface area contributed by atoms with Gasteiger partial charge in [-0.05, 0) is 66.6 Å². The van der Waals surface area contributed by atoms with Gasteiger partial charge in [-0.15, -0.1) is 0 Å². The van der Waals surface area contributed by atoms with Crippen molar-refractivity contribution >= 4 is 26.8 Å². The van der Waals surface area contributed by atoms with E-state index in [0.717, 1.165) is 48.8 Å². The number of benzene rings is 3. The summed E-state index contributed by atoms with van der Waals surface area (Å²) in [6, 6.07) is 18.9. The van der Waals surface area contributed by atoms with E-state index in [-0.39, 0.29) is 6.04 Å². The second-order valence-electron chi connectivity index (χ2n) is 10.1. The van der Waals surface area contributed by atoms with Crippen molar-refractivity contribution in [3.63, 3.8) is 0 Å². The predicted molar refractivity (Wildman–Crippen MR) is 147 cm³/mol. The van der Waals surface area contributed by atoms with Gasteiger partial charge in [-0.1, -0.05) is 60.2 Å². The number of piperidine rings is 1. The predicted octanol–water partition coefficient (Wildman–Crippen LogP) is 4.69. The molecule has 0 spiro atoms. The van der Waals surface area contributed by atoms with Crippen LogP contribution in [0.3, 0.4) is 0 Å². The molecule has 36 heavy (non-hydrogen) atoms. The molecular formula is C29H34N4O2S. The highest BCUT2D eigenvalue weighted by Gasteiger charge is 2.24. The number of hydrogen-bond acceptors (Lipinski definition) is 4. The second-order valence-corrected chi connectivity index (χ2v) is 11.5. The van der Waals surface area contributed by atoms with Gasteiger partial charge in [0, 0.05) is 37.8 Å². The Labute approximate surface area is 214 Å².